The molecule has 0 radical (unpaired) electrons. The minimum atomic E-state index is 0.165. The molecule has 146 valence electrons. The number of Topliss-reactive ketones (excluding diaryl/α,β-unsaturated/α-hetero) is 1. The van der Waals surface area contributed by atoms with Gasteiger partial charge in [0.25, 0.3) is 0 Å². The summed E-state index contributed by atoms with van der Waals surface area (Å²) in [6.07, 6.45) is 7.08. The van der Waals surface area contributed by atoms with Crippen LogP contribution in [0.4, 0.5) is 0 Å². The Morgan fingerprint density at radius 3 is 2.63 bits per heavy atom. The number of nitrogens with zero attached hydrogens (tertiary/aromatic N) is 3. The van der Waals surface area contributed by atoms with E-state index in [9.17, 15) is 4.79 Å². The van der Waals surface area contributed by atoms with Gasteiger partial charge in [-0.3, -0.25) is 0 Å². The molecular formula is C20H26ClN3O2S. The predicted octanol–water partition coefficient (Wildman–Crippen LogP) is 4.61. The van der Waals surface area contributed by atoms with Gasteiger partial charge in [-0.2, -0.15) is 4.98 Å². The normalized spacial score (nSPS) is 25.1. The van der Waals surface area contributed by atoms with Crippen LogP contribution < -0.4 is 4.74 Å². The molecule has 2 aromatic rings. The molecule has 2 heterocycles. The van der Waals surface area contributed by atoms with Crippen LogP contribution in [0, 0.1) is 0 Å². The number of hydrogen-bond acceptors (Lipinski definition) is 6. The van der Waals surface area contributed by atoms with E-state index in [0.717, 1.165) is 48.7 Å². The summed E-state index contributed by atoms with van der Waals surface area (Å²) in [6, 6.07) is 0.629. The highest BCUT2D eigenvalue weighted by Gasteiger charge is 2.32. The lowest BCUT2D eigenvalue weighted by Gasteiger charge is -2.32. The Kier molecular flexibility index (Phi) is 5.41. The Morgan fingerprint density at radius 2 is 1.96 bits per heavy atom. The first-order valence-corrected chi connectivity index (χ1v) is 10.9. The monoisotopic (exact) mass is 407 g/mol. The summed E-state index contributed by atoms with van der Waals surface area (Å²) in [5, 5.41) is 1.24. The molecule has 0 aliphatic heterocycles. The number of aromatic nitrogens is 2. The van der Waals surface area contributed by atoms with Crippen molar-refractivity contribution < 1.29 is 9.53 Å². The number of fused-ring (bicyclic) bond motifs is 3. The largest absolute Gasteiger partial charge is 0.474 e. The van der Waals surface area contributed by atoms with Crippen molar-refractivity contribution in [1.82, 2.24) is 14.9 Å². The van der Waals surface area contributed by atoms with E-state index in [-0.39, 0.29) is 23.1 Å². The quantitative estimate of drug-likeness (QED) is 0.677. The molecule has 4 rings (SSSR count). The van der Waals surface area contributed by atoms with Crippen molar-refractivity contribution in [1.29, 1.82) is 0 Å². The van der Waals surface area contributed by atoms with Crippen molar-refractivity contribution in [3.05, 3.63) is 15.7 Å². The van der Waals surface area contributed by atoms with Gasteiger partial charge >= 0.3 is 0 Å². The molecule has 0 aromatic carbocycles. The Morgan fingerprint density at radius 1 is 1.22 bits per heavy atom. The van der Waals surface area contributed by atoms with Crippen molar-refractivity contribution >= 4 is 38.9 Å². The highest BCUT2D eigenvalue weighted by Crippen LogP contribution is 2.48. The fourth-order valence-electron chi connectivity index (χ4n) is 4.55. The van der Waals surface area contributed by atoms with Crippen molar-refractivity contribution in [3.63, 3.8) is 0 Å². The average Bonchev–Trinajstić information content (AvgIpc) is 3.14. The topological polar surface area (TPSA) is 55.3 Å². The predicted molar refractivity (Wildman–Crippen MR) is 109 cm³/mol. The van der Waals surface area contributed by atoms with Gasteiger partial charge in [-0.1, -0.05) is 0 Å². The van der Waals surface area contributed by atoms with E-state index in [4.69, 9.17) is 16.3 Å². The summed E-state index contributed by atoms with van der Waals surface area (Å²) < 4.78 is 6.38. The fraction of sp³-hybridized carbons (Fsp3) is 0.650. The number of halogens is 1. The molecule has 7 heteroatoms. The Bertz CT molecular complexity index is 859. The molecule has 2 aliphatic carbocycles. The van der Waals surface area contributed by atoms with Crippen LogP contribution in [0.15, 0.2) is 0 Å². The molecule has 27 heavy (non-hydrogen) atoms. The zero-order valence-corrected chi connectivity index (χ0v) is 17.7. The van der Waals surface area contributed by atoms with E-state index in [1.54, 1.807) is 18.3 Å². The second-order valence-corrected chi connectivity index (χ2v) is 9.49. The van der Waals surface area contributed by atoms with Crippen LogP contribution in [-0.2, 0) is 11.2 Å². The summed E-state index contributed by atoms with van der Waals surface area (Å²) in [6.45, 7) is 1.67. The Labute approximate surface area is 169 Å². The minimum absolute atomic E-state index is 0.165. The van der Waals surface area contributed by atoms with E-state index in [2.05, 4.69) is 29.0 Å². The molecule has 0 amide bonds. The highest BCUT2D eigenvalue weighted by molar-refractivity contribution is 7.19. The molecule has 1 atom stereocenters. The maximum atomic E-state index is 11.7. The minimum Gasteiger partial charge on any atom is -0.474 e. The van der Waals surface area contributed by atoms with Gasteiger partial charge in [0, 0.05) is 17.3 Å². The van der Waals surface area contributed by atoms with Gasteiger partial charge in [-0.05, 0) is 82.6 Å². The standard InChI is InChI=1S/C20H26ClN3O2S/c1-11(25)10-12-4-9-15-16(12)17-18(22-20(21)23-19(17)27-15)26-14-7-5-13(6-8-14)24(2)3/h12-14H,4-10H2,1-3H3. The molecular weight excluding hydrogens is 382 g/mol. The number of aryl methyl sites for hydroxylation is 1. The number of rotatable bonds is 5. The zero-order chi connectivity index (χ0) is 19.1. The van der Waals surface area contributed by atoms with Crippen molar-refractivity contribution in [2.24, 2.45) is 0 Å². The Hall–Kier alpha value is -1.24. The van der Waals surface area contributed by atoms with Crippen molar-refractivity contribution in [3.8, 4) is 5.88 Å². The lowest BCUT2D eigenvalue weighted by molar-refractivity contribution is -0.117. The molecule has 1 unspecified atom stereocenters. The number of carbonyl (C=O) groups excluding carboxylic acids is 1. The van der Waals surface area contributed by atoms with Crippen molar-refractivity contribution in [2.45, 2.75) is 69.9 Å². The molecule has 0 spiro atoms. The number of hydrogen-bond donors (Lipinski definition) is 0. The van der Waals surface area contributed by atoms with Crippen LogP contribution in [0.3, 0.4) is 0 Å². The molecule has 2 aliphatic rings. The van der Waals surface area contributed by atoms with Crippen LogP contribution in [-0.4, -0.2) is 46.9 Å². The van der Waals surface area contributed by atoms with Gasteiger partial charge in [0.1, 0.15) is 16.7 Å². The third-order valence-corrected chi connectivity index (χ3v) is 7.25. The molecule has 0 saturated heterocycles. The smallest absolute Gasteiger partial charge is 0.227 e. The number of ketones is 1. The Balaban J connectivity index is 1.64. The number of thiophene rings is 1. The first-order valence-electron chi connectivity index (χ1n) is 9.73. The first-order chi connectivity index (χ1) is 12.9. The van der Waals surface area contributed by atoms with Crippen LogP contribution in [0.1, 0.15) is 61.8 Å². The lowest BCUT2D eigenvalue weighted by Crippen LogP contribution is -2.35. The van der Waals surface area contributed by atoms with Gasteiger partial charge in [0.2, 0.25) is 11.2 Å². The number of carbonyl (C=O) groups is 1. The van der Waals surface area contributed by atoms with E-state index in [1.807, 2.05) is 0 Å². The fourth-order valence-corrected chi connectivity index (χ4v) is 6.03. The summed E-state index contributed by atoms with van der Waals surface area (Å²) in [4.78, 5) is 25.1. The third kappa shape index (κ3) is 3.84. The summed E-state index contributed by atoms with van der Waals surface area (Å²) >= 11 is 7.87. The van der Waals surface area contributed by atoms with E-state index < -0.39 is 0 Å². The van der Waals surface area contributed by atoms with Gasteiger partial charge in [-0.25, -0.2) is 4.98 Å². The van der Waals surface area contributed by atoms with Gasteiger partial charge in [-0.15, -0.1) is 11.3 Å². The van der Waals surface area contributed by atoms with Gasteiger partial charge in [0.15, 0.2) is 0 Å². The zero-order valence-electron chi connectivity index (χ0n) is 16.1. The van der Waals surface area contributed by atoms with E-state index >= 15 is 0 Å². The molecule has 1 saturated carbocycles. The van der Waals surface area contributed by atoms with E-state index in [1.165, 1.54) is 10.4 Å². The van der Waals surface area contributed by atoms with Crippen molar-refractivity contribution in [2.75, 3.05) is 14.1 Å². The summed E-state index contributed by atoms with van der Waals surface area (Å²) in [5.41, 5.74) is 1.24. The second kappa shape index (κ2) is 7.64. The molecule has 5 nitrogen and oxygen atoms in total. The maximum Gasteiger partial charge on any atom is 0.227 e. The van der Waals surface area contributed by atoms with Crippen LogP contribution in [0.25, 0.3) is 10.2 Å². The molecule has 2 aromatic heterocycles. The summed E-state index contributed by atoms with van der Waals surface area (Å²) in [5.74, 6) is 1.10. The molecule has 1 fully saturated rings. The molecule has 0 N–H and O–H groups in total. The van der Waals surface area contributed by atoms with Crippen LogP contribution >= 0.6 is 22.9 Å². The average molecular weight is 408 g/mol. The summed E-state index contributed by atoms with van der Waals surface area (Å²) in [7, 11) is 4.28. The third-order valence-electron chi connectivity index (χ3n) is 5.92. The van der Waals surface area contributed by atoms with Crippen LogP contribution in [0.2, 0.25) is 5.28 Å². The highest BCUT2D eigenvalue weighted by atomic mass is 35.5. The maximum absolute atomic E-state index is 11.7. The van der Waals surface area contributed by atoms with Gasteiger partial charge < -0.3 is 14.4 Å². The first kappa shape index (κ1) is 19.1. The van der Waals surface area contributed by atoms with E-state index in [0.29, 0.717) is 18.3 Å². The second-order valence-electron chi connectivity index (χ2n) is 8.07. The van der Waals surface area contributed by atoms with Crippen LogP contribution in [0.5, 0.6) is 5.88 Å². The van der Waals surface area contributed by atoms with Gasteiger partial charge in [0.05, 0.1) is 5.39 Å². The lowest BCUT2D eigenvalue weighted by atomic mass is 9.92. The molecule has 0 bridgehead atoms. The SMILES string of the molecule is CC(=O)CC1CCc2sc3nc(Cl)nc(OC4CCC(N(C)C)CC4)c3c21. The number of ether oxygens (including phenoxy) is 1.